The summed E-state index contributed by atoms with van der Waals surface area (Å²) >= 11 is 7.80. The van der Waals surface area contributed by atoms with Gasteiger partial charge in [0.2, 0.25) is 0 Å². The van der Waals surface area contributed by atoms with Gasteiger partial charge in [-0.25, -0.2) is 0 Å². The van der Waals surface area contributed by atoms with E-state index in [4.69, 9.17) is 11.6 Å². The van der Waals surface area contributed by atoms with E-state index >= 15 is 0 Å². The van der Waals surface area contributed by atoms with Crippen molar-refractivity contribution in [3.05, 3.63) is 59.1 Å². The van der Waals surface area contributed by atoms with Crippen LogP contribution in [0.5, 0.6) is 0 Å². The van der Waals surface area contributed by atoms with Gasteiger partial charge in [-0.15, -0.1) is 11.8 Å². The molecule has 0 unspecified atom stereocenters. The van der Waals surface area contributed by atoms with Crippen LogP contribution in [0.4, 0.5) is 5.69 Å². The molecule has 1 heterocycles. The molecule has 0 spiro atoms. The first-order valence-electron chi connectivity index (χ1n) is 5.38. The Labute approximate surface area is 110 Å². The van der Waals surface area contributed by atoms with Crippen LogP contribution in [0, 0.1) is 0 Å². The van der Waals surface area contributed by atoms with Crippen LogP contribution in [0.15, 0.2) is 58.4 Å². The van der Waals surface area contributed by atoms with E-state index in [1.54, 1.807) is 0 Å². The molecule has 3 rings (SSSR count). The largest absolute Gasteiger partial charge is 0.251 e. The summed E-state index contributed by atoms with van der Waals surface area (Å²) in [6.07, 6.45) is 0. The standard InChI is InChI=1S/C14H10ClNS/c15-11-6-7-14-12(8-11)16-13(9-17-14)10-4-2-1-3-5-10/h1-8H,9H2. The second-order valence-corrected chi connectivity index (χ2v) is 5.28. The van der Waals surface area contributed by atoms with Crippen molar-refractivity contribution in [2.24, 2.45) is 4.99 Å². The number of rotatable bonds is 1. The average molecular weight is 260 g/mol. The lowest BCUT2D eigenvalue weighted by Gasteiger charge is -2.15. The Morgan fingerprint density at radius 1 is 1.06 bits per heavy atom. The molecule has 0 aromatic heterocycles. The second kappa shape index (κ2) is 4.55. The summed E-state index contributed by atoms with van der Waals surface area (Å²) in [4.78, 5) is 5.89. The first-order valence-corrected chi connectivity index (χ1v) is 6.74. The molecule has 0 radical (unpaired) electrons. The van der Waals surface area contributed by atoms with Crippen molar-refractivity contribution in [3.8, 4) is 0 Å². The molecule has 2 aromatic carbocycles. The first-order chi connectivity index (χ1) is 8.33. The zero-order chi connectivity index (χ0) is 11.7. The third-order valence-corrected chi connectivity index (χ3v) is 3.96. The zero-order valence-corrected chi connectivity index (χ0v) is 10.6. The first kappa shape index (κ1) is 10.9. The van der Waals surface area contributed by atoms with Crippen LogP contribution >= 0.6 is 23.4 Å². The molecular formula is C14H10ClNS. The highest BCUT2D eigenvalue weighted by Gasteiger charge is 2.13. The molecule has 3 heteroatoms. The number of halogens is 1. The summed E-state index contributed by atoms with van der Waals surface area (Å²) in [5.41, 5.74) is 3.28. The number of aliphatic imine (C=N–C) groups is 1. The van der Waals surface area contributed by atoms with Crippen molar-refractivity contribution in [3.63, 3.8) is 0 Å². The van der Waals surface area contributed by atoms with Gasteiger partial charge in [-0.1, -0.05) is 41.9 Å². The Bertz CT molecular complexity index is 578. The van der Waals surface area contributed by atoms with Gasteiger partial charge in [0.05, 0.1) is 11.4 Å². The lowest BCUT2D eigenvalue weighted by Crippen LogP contribution is -2.07. The van der Waals surface area contributed by atoms with E-state index in [2.05, 4.69) is 17.1 Å². The minimum atomic E-state index is 0.738. The van der Waals surface area contributed by atoms with Crippen LogP contribution in [0.2, 0.25) is 5.02 Å². The van der Waals surface area contributed by atoms with Crippen LogP contribution in [-0.2, 0) is 0 Å². The highest BCUT2D eigenvalue weighted by molar-refractivity contribution is 8.00. The summed E-state index contributed by atoms with van der Waals surface area (Å²) in [5, 5.41) is 0.738. The summed E-state index contributed by atoms with van der Waals surface area (Å²) in [5.74, 6) is 0.915. The number of hydrogen-bond acceptors (Lipinski definition) is 2. The van der Waals surface area contributed by atoms with Crippen LogP contribution in [0.3, 0.4) is 0 Å². The zero-order valence-electron chi connectivity index (χ0n) is 9.06. The number of hydrogen-bond donors (Lipinski definition) is 0. The molecule has 2 aromatic rings. The van der Waals surface area contributed by atoms with Crippen LogP contribution in [-0.4, -0.2) is 11.5 Å². The van der Waals surface area contributed by atoms with Crippen molar-refractivity contribution in [1.82, 2.24) is 0 Å². The summed E-state index contributed by atoms with van der Waals surface area (Å²) in [6.45, 7) is 0. The molecule has 0 bridgehead atoms. The fourth-order valence-electron chi connectivity index (χ4n) is 1.80. The van der Waals surface area contributed by atoms with Gasteiger partial charge in [-0.05, 0) is 23.8 Å². The number of thioether (sulfide) groups is 1. The van der Waals surface area contributed by atoms with Gasteiger partial charge in [0.1, 0.15) is 0 Å². The summed E-state index contributed by atoms with van der Waals surface area (Å²) < 4.78 is 0. The van der Waals surface area contributed by atoms with Gasteiger partial charge in [-0.3, -0.25) is 4.99 Å². The second-order valence-electron chi connectivity index (χ2n) is 3.83. The van der Waals surface area contributed by atoms with E-state index in [1.165, 1.54) is 10.5 Å². The Balaban J connectivity index is 2.05. The molecular weight excluding hydrogens is 250 g/mol. The highest BCUT2D eigenvalue weighted by Crippen LogP contribution is 2.36. The van der Waals surface area contributed by atoms with Crippen molar-refractivity contribution in [2.45, 2.75) is 4.90 Å². The predicted octanol–water partition coefficient (Wildman–Crippen LogP) is 4.57. The van der Waals surface area contributed by atoms with Crippen LogP contribution in [0.25, 0.3) is 0 Å². The molecule has 0 saturated carbocycles. The third kappa shape index (κ3) is 2.24. The van der Waals surface area contributed by atoms with Crippen molar-refractivity contribution < 1.29 is 0 Å². The van der Waals surface area contributed by atoms with E-state index in [9.17, 15) is 0 Å². The van der Waals surface area contributed by atoms with Gasteiger partial charge in [-0.2, -0.15) is 0 Å². The summed E-state index contributed by atoms with van der Waals surface area (Å²) in [6, 6.07) is 16.1. The van der Waals surface area contributed by atoms with Crippen molar-refractivity contribution in [2.75, 3.05) is 5.75 Å². The number of fused-ring (bicyclic) bond motifs is 1. The Morgan fingerprint density at radius 3 is 2.71 bits per heavy atom. The van der Waals surface area contributed by atoms with Crippen molar-refractivity contribution in [1.29, 1.82) is 0 Å². The van der Waals surface area contributed by atoms with Crippen molar-refractivity contribution >= 4 is 34.8 Å². The fraction of sp³-hybridized carbons (Fsp3) is 0.0714. The highest BCUT2D eigenvalue weighted by atomic mass is 35.5. The normalized spacial score (nSPS) is 14.1. The van der Waals surface area contributed by atoms with Gasteiger partial charge in [0.15, 0.2) is 0 Å². The lowest BCUT2D eigenvalue weighted by molar-refractivity contribution is 1.34. The van der Waals surface area contributed by atoms with E-state index in [1.807, 2.05) is 48.2 Å². The smallest absolute Gasteiger partial charge is 0.0784 e. The quantitative estimate of drug-likeness (QED) is 0.731. The van der Waals surface area contributed by atoms with E-state index in [0.717, 1.165) is 22.2 Å². The molecule has 17 heavy (non-hydrogen) atoms. The predicted molar refractivity (Wildman–Crippen MR) is 74.8 cm³/mol. The Kier molecular flexibility index (Phi) is 2.91. The molecule has 1 aliphatic rings. The third-order valence-electron chi connectivity index (χ3n) is 2.65. The van der Waals surface area contributed by atoms with Crippen LogP contribution < -0.4 is 0 Å². The maximum Gasteiger partial charge on any atom is 0.0784 e. The molecule has 0 amide bonds. The average Bonchev–Trinajstić information content (AvgIpc) is 2.39. The van der Waals surface area contributed by atoms with E-state index in [0.29, 0.717) is 0 Å². The van der Waals surface area contributed by atoms with E-state index in [-0.39, 0.29) is 0 Å². The Morgan fingerprint density at radius 2 is 1.88 bits per heavy atom. The van der Waals surface area contributed by atoms with Gasteiger partial charge in [0.25, 0.3) is 0 Å². The molecule has 1 nitrogen and oxygen atoms in total. The molecule has 1 aliphatic heterocycles. The molecule has 0 saturated heterocycles. The molecule has 84 valence electrons. The minimum Gasteiger partial charge on any atom is -0.251 e. The molecule has 0 N–H and O–H groups in total. The number of benzene rings is 2. The fourth-order valence-corrected chi connectivity index (χ4v) is 2.91. The molecule has 0 atom stereocenters. The van der Waals surface area contributed by atoms with Gasteiger partial charge >= 0.3 is 0 Å². The van der Waals surface area contributed by atoms with E-state index < -0.39 is 0 Å². The summed E-state index contributed by atoms with van der Waals surface area (Å²) in [7, 11) is 0. The van der Waals surface area contributed by atoms with Gasteiger partial charge < -0.3 is 0 Å². The van der Waals surface area contributed by atoms with Gasteiger partial charge in [0, 0.05) is 15.7 Å². The van der Waals surface area contributed by atoms with Crippen LogP contribution in [0.1, 0.15) is 5.56 Å². The lowest BCUT2D eigenvalue weighted by atomic mass is 10.1. The maximum atomic E-state index is 5.99. The SMILES string of the molecule is Clc1ccc2c(c1)N=C(c1ccccc1)CS2. The minimum absolute atomic E-state index is 0.738. The number of nitrogens with zero attached hydrogens (tertiary/aromatic N) is 1. The monoisotopic (exact) mass is 259 g/mol. The maximum absolute atomic E-state index is 5.99. The molecule has 0 fully saturated rings. The Hall–Kier alpha value is -1.25. The molecule has 0 aliphatic carbocycles. The topological polar surface area (TPSA) is 12.4 Å².